The zero-order chi connectivity index (χ0) is 20.4. The van der Waals surface area contributed by atoms with E-state index in [1.807, 2.05) is 0 Å². The molecule has 0 atom stereocenters. The van der Waals surface area contributed by atoms with Crippen molar-refractivity contribution in [3.05, 3.63) is 47.4 Å². The Balaban J connectivity index is 0.00000256. The summed E-state index contributed by atoms with van der Waals surface area (Å²) in [6.45, 7) is 4.53. The average molecular weight is 472 g/mol. The Morgan fingerprint density at radius 1 is 1.00 bits per heavy atom. The van der Waals surface area contributed by atoms with Crippen LogP contribution in [0.2, 0.25) is 5.15 Å². The van der Waals surface area contributed by atoms with Crippen LogP contribution in [0.4, 0.5) is 5.82 Å². The zero-order valence-corrected chi connectivity index (χ0v) is 18.7. The van der Waals surface area contributed by atoms with E-state index in [0.717, 1.165) is 49.3 Å². The number of rotatable bonds is 6. The van der Waals surface area contributed by atoms with E-state index in [1.54, 1.807) is 24.4 Å². The summed E-state index contributed by atoms with van der Waals surface area (Å²) in [5, 5.41) is 0.387. The Morgan fingerprint density at radius 3 is 2.40 bits per heavy atom. The molecule has 162 valence electrons. The molecule has 11 heteroatoms. The standard InChI is InChI=1S/C19H22ClN5O3S.ClH/c20-17-13-21-14-18(22-17)24-11-9-23(10-12-24)7-3-4-8-25-19(26)15-5-1-2-6-16(15)29(25,27)28;/h1-2,5-6,13-14H,3-4,7-12H2;1H. The smallest absolute Gasteiger partial charge is 0.269 e. The number of benzene rings is 1. The van der Waals surface area contributed by atoms with Crippen LogP contribution in [-0.4, -0.2) is 72.8 Å². The number of unbranched alkanes of at least 4 members (excludes halogenated alkanes) is 1. The van der Waals surface area contributed by atoms with E-state index in [9.17, 15) is 13.2 Å². The number of fused-ring (bicyclic) bond motifs is 1. The molecule has 30 heavy (non-hydrogen) atoms. The Bertz CT molecular complexity index is 1010. The molecule has 0 N–H and O–H groups in total. The molecule has 0 radical (unpaired) electrons. The minimum atomic E-state index is -3.70. The molecule has 0 bridgehead atoms. The molecular weight excluding hydrogens is 449 g/mol. The lowest BCUT2D eigenvalue weighted by Gasteiger charge is -2.35. The predicted octanol–water partition coefficient (Wildman–Crippen LogP) is 2.30. The number of sulfonamides is 1. The molecule has 8 nitrogen and oxygen atoms in total. The van der Waals surface area contributed by atoms with Crippen LogP contribution in [0.25, 0.3) is 0 Å². The molecule has 1 aromatic heterocycles. The van der Waals surface area contributed by atoms with Crippen molar-refractivity contribution in [2.24, 2.45) is 0 Å². The van der Waals surface area contributed by atoms with Gasteiger partial charge in [-0.2, -0.15) is 0 Å². The number of nitrogens with zero attached hydrogens (tertiary/aromatic N) is 5. The zero-order valence-electron chi connectivity index (χ0n) is 16.3. The summed E-state index contributed by atoms with van der Waals surface area (Å²) in [6, 6.07) is 6.39. The number of hydrogen-bond acceptors (Lipinski definition) is 7. The Kier molecular flexibility index (Phi) is 7.18. The third-order valence-electron chi connectivity index (χ3n) is 5.29. The van der Waals surface area contributed by atoms with E-state index < -0.39 is 15.9 Å². The second-order valence-electron chi connectivity index (χ2n) is 7.11. The fraction of sp³-hybridized carbons (Fsp3) is 0.421. The SMILES string of the molecule is Cl.O=C1c2ccccc2S(=O)(=O)N1CCCCN1CCN(c2cncc(Cl)n2)CC1. The first-order valence-electron chi connectivity index (χ1n) is 9.58. The monoisotopic (exact) mass is 471 g/mol. The number of piperazine rings is 1. The number of aromatic nitrogens is 2. The summed E-state index contributed by atoms with van der Waals surface area (Å²) >= 11 is 5.91. The van der Waals surface area contributed by atoms with Gasteiger partial charge in [-0.15, -0.1) is 12.4 Å². The number of halogens is 2. The van der Waals surface area contributed by atoms with Gasteiger partial charge in [-0.25, -0.2) is 17.7 Å². The van der Waals surface area contributed by atoms with Crippen LogP contribution in [0.3, 0.4) is 0 Å². The maximum absolute atomic E-state index is 12.6. The van der Waals surface area contributed by atoms with E-state index in [-0.39, 0.29) is 29.4 Å². The number of hydrogen-bond donors (Lipinski definition) is 0. The predicted molar refractivity (Wildman–Crippen MR) is 117 cm³/mol. The van der Waals surface area contributed by atoms with Crippen LogP contribution in [-0.2, 0) is 10.0 Å². The summed E-state index contributed by atoms with van der Waals surface area (Å²) in [7, 11) is -3.70. The highest BCUT2D eigenvalue weighted by Gasteiger charge is 2.40. The van der Waals surface area contributed by atoms with Crippen LogP contribution in [0, 0.1) is 0 Å². The summed E-state index contributed by atoms with van der Waals surface area (Å²) in [4.78, 5) is 25.4. The highest BCUT2D eigenvalue weighted by atomic mass is 35.5. The van der Waals surface area contributed by atoms with Crippen LogP contribution in [0.15, 0.2) is 41.6 Å². The van der Waals surface area contributed by atoms with E-state index in [0.29, 0.717) is 11.6 Å². The van der Waals surface area contributed by atoms with Crippen LogP contribution >= 0.6 is 24.0 Å². The van der Waals surface area contributed by atoms with Gasteiger partial charge >= 0.3 is 0 Å². The topological polar surface area (TPSA) is 86.7 Å². The van der Waals surface area contributed by atoms with Gasteiger partial charge in [-0.3, -0.25) is 14.7 Å². The fourth-order valence-corrected chi connectivity index (χ4v) is 5.48. The van der Waals surface area contributed by atoms with E-state index >= 15 is 0 Å². The normalized spacial score (nSPS) is 18.2. The molecule has 1 aromatic carbocycles. The van der Waals surface area contributed by atoms with Gasteiger partial charge in [0.15, 0.2) is 0 Å². The molecule has 1 amide bonds. The van der Waals surface area contributed by atoms with E-state index in [1.165, 1.54) is 12.3 Å². The van der Waals surface area contributed by atoms with E-state index in [4.69, 9.17) is 11.6 Å². The molecule has 1 fully saturated rings. The average Bonchev–Trinajstić information content (AvgIpc) is 2.92. The Morgan fingerprint density at radius 2 is 1.70 bits per heavy atom. The lowest BCUT2D eigenvalue weighted by Crippen LogP contribution is -2.47. The second kappa shape index (κ2) is 9.47. The van der Waals surface area contributed by atoms with Crippen molar-refractivity contribution in [2.75, 3.05) is 44.2 Å². The molecular formula is C19H23Cl2N5O3S. The number of carbonyl (C=O) groups excluding carboxylic acids is 1. The summed E-state index contributed by atoms with van der Waals surface area (Å²) in [6.07, 6.45) is 4.70. The Labute approximate surface area is 187 Å². The quantitative estimate of drug-likeness (QED) is 0.597. The molecule has 0 spiro atoms. The highest BCUT2D eigenvalue weighted by molar-refractivity contribution is 7.90. The summed E-state index contributed by atoms with van der Waals surface area (Å²) < 4.78 is 26.1. The van der Waals surface area contributed by atoms with Crippen molar-refractivity contribution in [3.63, 3.8) is 0 Å². The number of carbonyl (C=O) groups is 1. The first-order valence-corrected chi connectivity index (χ1v) is 11.4. The third-order valence-corrected chi connectivity index (χ3v) is 7.31. The van der Waals surface area contributed by atoms with Crippen molar-refractivity contribution in [3.8, 4) is 0 Å². The molecule has 0 aliphatic carbocycles. The van der Waals surface area contributed by atoms with Gasteiger partial charge in [-0.05, 0) is 31.5 Å². The maximum Gasteiger partial charge on any atom is 0.269 e. The number of anilines is 1. The van der Waals surface area contributed by atoms with Gasteiger partial charge < -0.3 is 4.90 Å². The molecule has 3 heterocycles. The lowest BCUT2D eigenvalue weighted by molar-refractivity contribution is 0.0868. The van der Waals surface area contributed by atoms with Crippen molar-refractivity contribution >= 4 is 45.8 Å². The van der Waals surface area contributed by atoms with Crippen molar-refractivity contribution < 1.29 is 13.2 Å². The molecule has 0 unspecified atom stereocenters. The number of amides is 1. The third kappa shape index (κ3) is 4.54. The van der Waals surface area contributed by atoms with Gasteiger partial charge in [0.05, 0.1) is 18.0 Å². The van der Waals surface area contributed by atoms with Crippen molar-refractivity contribution in [2.45, 2.75) is 17.7 Å². The molecule has 2 aliphatic heterocycles. The highest BCUT2D eigenvalue weighted by Crippen LogP contribution is 2.30. The summed E-state index contributed by atoms with van der Waals surface area (Å²) in [5.41, 5.74) is 0.271. The largest absolute Gasteiger partial charge is 0.353 e. The first kappa shape index (κ1) is 22.7. The van der Waals surface area contributed by atoms with Gasteiger partial charge in [0, 0.05) is 32.7 Å². The van der Waals surface area contributed by atoms with Gasteiger partial charge in [0.25, 0.3) is 15.9 Å². The molecule has 4 rings (SSSR count). The molecule has 0 saturated carbocycles. The Hall–Kier alpha value is -1.94. The lowest BCUT2D eigenvalue weighted by atomic mass is 10.2. The molecule has 2 aromatic rings. The van der Waals surface area contributed by atoms with Gasteiger partial charge in [0.1, 0.15) is 15.9 Å². The maximum atomic E-state index is 12.6. The van der Waals surface area contributed by atoms with Gasteiger partial charge in [0.2, 0.25) is 0 Å². The van der Waals surface area contributed by atoms with Crippen LogP contribution < -0.4 is 4.90 Å². The fourth-order valence-electron chi connectivity index (χ4n) is 3.73. The van der Waals surface area contributed by atoms with Crippen LogP contribution in [0.1, 0.15) is 23.2 Å². The minimum absolute atomic E-state index is 0. The van der Waals surface area contributed by atoms with Crippen LogP contribution in [0.5, 0.6) is 0 Å². The van der Waals surface area contributed by atoms with Gasteiger partial charge in [-0.1, -0.05) is 23.7 Å². The van der Waals surface area contributed by atoms with Crippen molar-refractivity contribution in [1.29, 1.82) is 0 Å². The van der Waals surface area contributed by atoms with Crippen molar-refractivity contribution in [1.82, 2.24) is 19.2 Å². The van der Waals surface area contributed by atoms with E-state index in [2.05, 4.69) is 19.8 Å². The minimum Gasteiger partial charge on any atom is -0.353 e. The summed E-state index contributed by atoms with van der Waals surface area (Å²) in [5.74, 6) is 0.367. The molecule has 1 saturated heterocycles. The second-order valence-corrected chi connectivity index (χ2v) is 9.33. The first-order chi connectivity index (χ1) is 14.0. The molecule has 2 aliphatic rings.